The monoisotopic (exact) mass is 464 g/mol. The van der Waals surface area contributed by atoms with Gasteiger partial charge in [-0.25, -0.2) is 0 Å². The summed E-state index contributed by atoms with van der Waals surface area (Å²) in [5.41, 5.74) is -1.75. The van der Waals surface area contributed by atoms with Crippen molar-refractivity contribution in [1.29, 1.82) is 0 Å². The highest BCUT2D eigenvalue weighted by atomic mass is 19.4. The summed E-state index contributed by atoms with van der Waals surface area (Å²) in [5.74, 6) is 0.519. The van der Waals surface area contributed by atoms with E-state index in [0.29, 0.717) is 34.6 Å². The predicted molar refractivity (Wildman–Crippen MR) is 107 cm³/mol. The Kier molecular flexibility index (Phi) is 5.56. The second-order valence-corrected chi connectivity index (χ2v) is 6.91. The molecule has 0 amide bonds. The van der Waals surface area contributed by atoms with E-state index in [1.54, 1.807) is 30.3 Å². The molecule has 2 aromatic carbocycles. The fourth-order valence-corrected chi connectivity index (χ4v) is 3.36. The highest BCUT2D eigenvalue weighted by Crippen LogP contribution is 2.39. The zero-order valence-corrected chi connectivity index (χ0v) is 16.8. The quantitative estimate of drug-likeness (QED) is 0.346. The summed E-state index contributed by atoms with van der Waals surface area (Å²) in [4.78, 5) is 4.05. The SMILES string of the molecule is COc1ccccc1-c1ccncc1-c1nncn1-c1cc(C(F)(F)F)cc(C(F)(F)F)c1. The third-order valence-electron chi connectivity index (χ3n) is 4.86. The fourth-order valence-electron chi connectivity index (χ4n) is 3.36. The van der Waals surface area contributed by atoms with E-state index in [1.165, 1.54) is 19.5 Å². The predicted octanol–water partition coefficient (Wildman–Crippen LogP) is 6.04. The average molecular weight is 464 g/mol. The summed E-state index contributed by atoms with van der Waals surface area (Å²) in [6.07, 6.45) is -6.02. The first-order valence-corrected chi connectivity index (χ1v) is 9.37. The largest absolute Gasteiger partial charge is 0.496 e. The van der Waals surface area contributed by atoms with Crippen LogP contribution in [0.2, 0.25) is 0 Å². The van der Waals surface area contributed by atoms with E-state index in [9.17, 15) is 26.3 Å². The molecule has 4 rings (SSSR count). The summed E-state index contributed by atoms with van der Waals surface area (Å²) in [5, 5.41) is 7.69. The van der Waals surface area contributed by atoms with Gasteiger partial charge in [0.05, 0.1) is 18.2 Å². The van der Waals surface area contributed by atoms with Crippen LogP contribution >= 0.6 is 0 Å². The third-order valence-corrected chi connectivity index (χ3v) is 4.86. The maximum atomic E-state index is 13.3. The smallest absolute Gasteiger partial charge is 0.416 e. The van der Waals surface area contributed by atoms with Crippen LogP contribution in [0.25, 0.3) is 28.2 Å². The number of methoxy groups -OCH3 is 1. The highest BCUT2D eigenvalue weighted by molar-refractivity contribution is 5.83. The molecule has 170 valence electrons. The van der Waals surface area contributed by atoms with E-state index in [2.05, 4.69) is 15.2 Å². The molecule has 0 aliphatic rings. The van der Waals surface area contributed by atoms with Gasteiger partial charge in [0.15, 0.2) is 5.82 Å². The van der Waals surface area contributed by atoms with E-state index in [0.717, 1.165) is 10.9 Å². The van der Waals surface area contributed by atoms with Crippen LogP contribution in [0.3, 0.4) is 0 Å². The number of alkyl halides is 6. The van der Waals surface area contributed by atoms with Gasteiger partial charge in [0.2, 0.25) is 0 Å². The Hall–Kier alpha value is -3.89. The van der Waals surface area contributed by atoms with Gasteiger partial charge in [-0.3, -0.25) is 9.55 Å². The van der Waals surface area contributed by atoms with Gasteiger partial charge in [-0.2, -0.15) is 26.3 Å². The van der Waals surface area contributed by atoms with Crippen LogP contribution in [0.5, 0.6) is 5.75 Å². The van der Waals surface area contributed by atoms with Crippen LogP contribution in [-0.4, -0.2) is 26.9 Å². The van der Waals surface area contributed by atoms with Crippen LogP contribution in [0.15, 0.2) is 67.3 Å². The van der Waals surface area contributed by atoms with Crippen LogP contribution < -0.4 is 4.74 Å². The van der Waals surface area contributed by atoms with Crippen molar-refractivity contribution in [3.8, 4) is 34.0 Å². The Labute approximate surface area is 183 Å². The average Bonchev–Trinajstić information content (AvgIpc) is 3.27. The van der Waals surface area contributed by atoms with Gasteiger partial charge in [0.1, 0.15) is 12.1 Å². The van der Waals surface area contributed by atoms with Crippen molar-refractivity contribution < 1.29 is 31.1 Å². The number of pyridine rings is 1. The van der Waals surface area contributed by atoms with Gasteiger partial charge in [0, 0.05) is 29.2 Å². The van der Waals surface area contributed by atoms with Gasteiger partial charge in [-0.1, -0.05) is 18.2 Å². The lowest BCUT2D eigenvalue weighted by molar-refractivity contribution is -0.143. The molecule has 33 heavy (non-hydrogen) atoms. The number of aromatic nitrogens is 4. The maximum absolute atomic E-state index is 13.3. The van der Waals surface area contributed by atoms with Crippen molar-refractivity contribution in [3.63, 3.8) is 0 Å². The number of hydrogen-bond donors (Lipinski definition) is 0. The van der Waals surface area contributed by atoms with E-state index < -0.39 is 29.2 Å². The lowest BCUT2D eigenvalue weighted by atomic mass is 10.00. The van der Waals surface area contributed by atoms with E-state index in [1.807, 2.05) is 0 Å². The Morgan fingerprint density at radius 3 is 2.12 bits per heavy atom. The summed E-state index contributed by atoms with van der Waals surface area (Å²) in [7, 11) is 1.48. The second kappa shape index (κ2) is 8.23. The first-order valence-electron chi connectivity index (χ1n) is 9.37. The molecule has 11 heteroatoms. The topological polar surface area (TPSA) is 52.8 Å². The number of halogens is 6. The third kappa shape index (κ3) is 4.38. The molecule has 0 fully saturated rings. The normalized spacial score (nSPS) is 12.1. The molecule has 0 spiro atoms. The molecule has 2 heterocycles. The Balaban J connectivity index is 1.93. The minimum atomic E-state index is -4.99. The van der Waals surface area contributed by atoms with Gasteiger partial charge >= 0.3 is 12.4 Å². The van der Waals surface area contributed by atoms with Crippen molar-refractivity contribution in [1.82, 2.24) is 19.7 Å². The molecule has 0 saturated heterocycles. The minimum absolute atomic E-state index is 0.0106. The van der Waals surface area contributed by atoms with Gasteiger partial charge in [0.25, 0.3) is 0 Å². The van der Waals surface area contributed by atoms with Crippen molar-refractivity contribution in [2.24, 2.45) is 0 Å². The second-order valence-electron chi connectivity index (χ2n) is 6.91. The Bertz CT molecular complexity index is 1260. The highest BCUT2D eigenvalue weighted by Gasteiger charge is 2.37. The molecule has 0 bridgehead atoms. The first kappa shape index (κ1) is 22.3. The lowest BCUT2D eigenvalue weighted by Gasteiger charge is -2.16. The Morgan fingerprint density at radius 1 is 0.818 bits per heavy atom. The molecule has 0 aliphatic carbocycles. The standard InChI is InChI=1S/C22H14F6N4O/c1-33-19-5-3-2-4-17(19)16-6-7-29-11-18(16)20-31-30-12-32(20)15-9-13(21(23,24)25)8-14(10-15)22(26,27)28/h2-12H,1H3. The number of rotatable bonds is 4. The summed E-state index contributed by atoms with van der Waals surface area (Å²) in [6, 6.07) is 9.92. The summed E-state index contributed by atoms with van der Waals surface area (Å²) < 4.78 is 86.5. The van der Waals surface area contributed by atoms with Crippen molar-refractivity contribution in [2.45, 2.75) is 12.4 Å². The number of nitrogens with zero attached hydrogens (tertiary/aromatic N) is 4. The van der Waals surface area contributed by atoms with E-state index in [4.69, 9.17) is 4.74 Å². The molecular weight excluding hydrogens is 450 g/mol. The molecule has 0 saturated carbocycles. The van der Waals surface area contributed by atoms with Crippen LogP contribution in [0.1, 0.15) is 11.1 Å². The molecule has 0 atom stereocenters. The van der Waals surface area contributed by atoms with Crippen molar-refractivity contribution >= 4 is 0 Å². The van der Waals surface area contributed by atoms with E-state index >= 15 is 0 Å². The van der Waals surface area contributed by atoms with Crippen LogP contribution in [-0.2, 0) is 12.4 Å². The Morgan fingerprint density at radius 2 is 1.48 bits per heavy atom. The van der Waals surface area contributed by atoms with E-state index in [-0.39, 0.29) is 11.9 Å². The summed E-state index contributed by atoms with van der Waals surface area (Å²) in [6.45, 7) is 0. The maximum Gasteiger partial charge on any atom is 0.416 e. The molecule has 0 unspecified atom stereocenters. The molecule has 0 N–H and O–H groups in total. The molecular formula is C22H14F6N4O. The van der Waals surface area contributed by atoms with Gasteiger partial charge < -0.3 is 4.74 Å². The number of benzene rings is 2. The molecule has 0 aliphatic heterocycles. The first-order chi connectivity index (χ1) is 15.6. The molecule has 0 radical (unpaired) electrons. The molecule has 2 aromatic heterocycles. The summed E-state index contributed by atoms with van der Waals surface area (Å²) >= 11 is 0. The molecule has 4 aromatic rings. The van der Waals surface area contributed by atoms with Crippen molar-refractivity contribution in [2.75, 3.05) is 7.11 Å². The minimum Gasteiger partial charge on any atom is -0.496 e. The number of hydrogen-bond acceptors (Lipinski definition) is 4. The number of para-hydroxylation sites is 1. The van der Waals surface area contributed by atoms with Gasteiger partial charge in [-0.05, 0) is 35.9 Å². The lowest BCUT2D eigenvalue weighted by Crippen LogP contribution is -2.12. The van der Waals surface area contributed by atoms with Crippen LogP contribution in [0.4, 0.5) is 26.3 Å². The zero-order valence-electron chi connectivity index (χ0n) is 16.8. The zero-order chi connectivity index (χ0) is 23.8. The van der Waals surface area contributed by atoms with Crippen molar-refractivity contribution in [3.05, 3.63) is 78.4 Å². The van der Waals surface area contributed by atoms with Gasteiger partial charge in [-0.15, -0.1) is 10.2 Å². The molecule has 5 nitrogen and oxygen atoms in total. The van der Waals surface area contributed by atoms with Crippen LogP contribution in [0, 0.1) is 0 Å². The number of ether oxygens (including phenoxy) is 1. The fraction of sp³-hybridized carbons (Fsp3) is 0.136.